The smallest absolute Gasteiger partial charge is 0.138 e. The maximum atomic E-state index is 13.1. The van der Waals surface area contributed by atoms with Gasteiger partial charge >= 0.3 is 0 Å². The lowest BCUT2D eigenvalue weighted by Gasteiger charge is -2.30. The van der Waals surface area contributed by atoms with Gasteiger partial charge in [-0.2, -0.15) is 0 Å². The van der Waals surface area contributed by atoms with Gasteiger partial charge in [0.1, 0.15) is 23.8 Å². The van der Waals surface area contributed by atoms with Crippen molar-refractivity contribution in [2.45, 2.75) is 31.1 Å². The van der Waals surface area contributed by atoms with Gasteiger partial charge in [-0.1, -0.05) is 6.07 Å². The second-order valence-electron chi connectivity index (χ2n) is 5.48. The van der Waals surface area contributed by atoms with Crippen LogP contribution in [0.3, 0.4) is 0 Å². The molecule has 0 unspecified atom stereocenters. The maximum absolute atomic E-state index is 13.1. The Morgan fingerprint density at radius 3 is 2.80 bits per heavy atom. The quantitative estimate of drug-likeness (QED) is 0.910. The van der Waals surface area contributed by atoms with Crippen LogP contribution in [0.1, 0.15) is 12.8 Å². The van der Waals surface area contributed by atoms with Crippen molar-refractivity contribution in [2.75, 3.05) is 26.3 Å². The zero-order valence-electron chi connectivity index (χ0n) is 11.4. The number of rotatable bonds is 3. The van der Waals surface area contributed by atoms with Crippen molar-refractivity contribution >= 4 is 0 Å². The first-order chi connectivity index (χ1) is 9.72. The highest BCUT2D eigenvalue weighted by Gasteiger charge is 2.37. The molecule has 2 saturated heterocycles. The van der Waals surface area contributed by atoms with Crippen molar-refractivity contribution in [2.24, 2.45) is 0 Å². The van der Waals surface area contributed by atoms with Crippen LogP contribution in [0.25, 0.3) is 0 Å². The molecule has 0 saturated carbocycles. The van der Waals surface area contributed by atoms with Gasteiger partial charge in [0.05, 0.1) is 0 Å². The van der Waals surface area contributed by atoms with E-state index in [4.69, 9.17) is 9.47 Å². The predicted octanol–water partition coefficient (Wildman–Crippen LogP) is 1.43. The summed E-state index contributed by atoms with van der Waals surface area (Å²) in [7, 11) is 0. The molecular formula is C15H20FNO3. The van der Waals surface area contributed by atoms with Crippen LogP contribution in [-0.2, 0) is 4.74 Å². The number of aliphatic hydroxyl groups excluding tert-OH is 1. The zero-order valence-corrected chi connectivity index (χ0v) is 11.4. The normalized spacial score (nSPS) is 28.7. The van der Waals surface area contributed by atoms with Gasteiger partial charge in [-0.25, -0.2) is 4.39 Å². The molecule has 1 aromatic carbocycles. The minimum atomic E-state index is -0.527. The van der Waals surface area contributed by atoms with E-state index in [1.165, 1.54) is 12.1 Å². The van der Waals surface area contributed by atoms with Gasteiger partial charge in [0, 0.05) is 38.4 Å². The van der Waals surface area contributed by atoms with E-state index in [2.05, 4.69) is 4.90 Å². The van der Waals surface area contributed by atoms with Crippen LogP contribution in [0.4, 0.5) is 4.39 Å². The van der Waals surface area contributed by atoms with Gasteiger partial charge in [0.15, 0.2) is 0 Å². The summed E-state index contributed by atoms with van der Waals surface area (Å²) in [6.45, 7) is 2.87. The third-order valence-electron chi connectivity index (χ3n) is 4.06. The Balaban J connectivity index is 1.60. The minimum absolute atomic E-state index is 0.292. The highest BCUT2D eigenvalue weighted by molar-refractivity contribution is 5.23. The number of β-amino-alcohol motifs (C(OH)–C–C–N with tert-alkyl or cyclic N) is 1. The lowest BCUT2D eigenvalue weighted by molar-refractivity contribution is 0.0375. The van der Waals surface area contributed by atoms with Crippen molar-refractivity contribution in [3.8, 4) is 5.75 Å². The number of halogens is 1. The van der Waals surface area contributed by atoms with E-state index in [1.54, 1.807) is 12.1 Å². The number of hydrogen-bond donors (Lipinski definition) is 1. The molecule has 20 heavy (non-hydrogen) atoms. The molecule has 2 atom stereocenters. The monoisotopic (exact) mass is 281 g/mol. The van der Waals surface area contributed by atoms with E-state index in [1.807, 2.05) is 0 Å². The Kier molecular flexibility index (Phi) is 4.19. The molecule has 0 amide bonds. The Hall–Kier alpha value is -1.17. The molecule has 1 N–H and O–H groups in total. The van der Waals surface area contributed by atoms with E-state index in [-0.39, 0.29) is 11.9 Å². The molecule has 0 spiro atoms. The highest BCUT2D eigenvalue weighted by atomic mass is 19.1. The van der Waals surface area contributed by atoms with Gasteiger partial charge in [0.25, 0.3) is 0 Å². The molecule has 110 valence electrons. The van der Waals surface area contributed by atoms with Crippen LogP contribution in [0, 0.1) is 5.82 Å². The third kappa shape index (κ3) is 3.11. The van der Waals surface area contributed by atoms with Crippen molar-refractivity contribution in [3.63, 3.8) is 0 Å². The lowest BCUT2D eigenvalue weighted by atomic mass is 10.1. The summed E-state index contributed by atoms with van der Waals surface area (Å²) in [5.74, 6) is 0.152. The number of benzene rings is 1. The number of ether oxygens (including phenoxy) is 2. The predicted molar refractivity (Wildman–Crippen MR) is 72.2 cm³/mol. The molecule has 2 heterocycles. The number of likely N-dealkylation sites (tertiary alicyclic amines) is 1. The van der Waals surface area contributed by atoms with Crippen molar-refractivity contribution < 1.29 is 19.0 Å². The number of nitrogens with zero attached hydrogens (tertiary/aromatic N) is 1. The van der Waals surface area contributed by atoms with Gasteiger partial charge in [-0.3, -0.25) is 4.90 Å². The molecule has 0 bridgehead atoms. The van der Waals surface area contributed by atoms with E-state index in [0.717, 1.165) is 26.1 Å². The SMILES string of the molecule is O[C@@H]1CN(C2CCOCC2)C[C@H]1Oc1cccc(F)c1. The fourth-order valence-electron chi connectivity index (χ4n) is 2.96. The highest BCUT2D eigenvalue weighted by Crippen LogP contribution is 2.24. The molecule has 4 nitrogen and oxygen atoms in total. The summed E-state index contributed by atoms with van der Waals surface area (Å²) in [5, 5.41) is 10.1. The fourth-order valence-corrected chi connectivity index (χ4v) is 2.96. The largest absolute Gasteiger partial charge is 0.486 e. The first-order valence-corrected chi connectivity index (χ1v) is 7.14. The van der Waals surface area contributed by atoms with Gasteiger partial charge in [-0.05, 0) is 25.0 Å². The maximum Gasteiger partial charge on any atom is 0.138 e. The zero-order chi connectivity index (χ0) is 13.9. The minimum Gasteiger partial charge on any atom is -0.486 e. The van der Waals surface area contributed by atoms with Crippen LogP contribution in [0.15, 0.2) is 24.3 Å². The summed E-state index contributed by atoms with van der Waals surface area (Å²) in [6.07, 6.45) is 1.18. The van der Waals surface area contributed by atoms with Gasteiger partial charge in [0.2, 0.25) is 0 Å². The summed E-state index contributed by atoms with van der Waals surface area (Å²) in [4.78, 5) is 2.26. The average molecular weight is 281 g/mol. The van der Waals surface area contributed by atoms with Gasteiger partial charge < -0.3 is 14.6 Å². The van der Waals surface area contributed by atoms with Crippen LogP contribution in [0.5, 0.6) is 5.75 Å². The topological polar surface area (TPSA) is 41.9 Å². The molecule has 0 radical (unpaired) electrons. The molecule has 2 aliphatic heterocycles. The Morgan fingerprint density at radius 2 is 2.05 bits per heavy atom. The van der Waals surface area contributed by atoms with Gasteiger partial charge in [-0.15, -0.1) is 0 Å². The molecule has 5 heteroatoms. The van der Waals surface area contributed by atoms with Crippen LogP contribution in [-0.4, -0.2) is 54.6 Å². The van der Waals surface area contributed by atoms with E-state index in [0.29, 0.717) is 24.9 Å². The molecule has 3 rings (SSSR count). The Bertz CT molecular complexity index is 450. The summed E-state index contributed by atoms with van der Waals surface area (Å²) >= 11 is 0. The first-order valence-electron chi connectivity index (χ1n) is 7.14. The second kappa shape index (κ2) is 6.08. The fraction of sp³-hybridized carbons (Fsp3) is 0.600. The van der Waals surface area contributed by atoms with Crippen LogP contribution in [0.2, 0.25) is 0 Å². The van der Waals surface area contributed by atoms with E-state index >= 15 is 0 Å². The van der Waals surface area contributed by atoms with Crippen LogP contribution < -0.4 is 4.74 Å². The average Bonchev–Trinajstić information content (AvgIpc) is 2.81. The summed E-state index contributed by atoms with van der Waals surface area (Å²) < 4.78 is 24.2. The standard InChI is InChI=1S/C15H20FNO3/c16-11-2-1-3-13(8-11)20-15-10-17(9-14(15)18)12-4-6-19-7-5-12/h1-3,8,12,14-15,18H,4-7,9-10H2/t14-,15-/m1/s1. The Labute approximate surface area is 118 Å². The molecule has 0 aliphatic carbocycles. The van der Waals surface area contributed by atoms with Crippen LogP contribution >= 0.6 is 0 Å². The van der Waals surface area contributed by atoms with Crippen molar-refractivity contribution in [1.29, 1.82) is 0 Å². The molecule has 2 aliphatic rings. The first kappa shape index (κ1) is 13.8. The molecular weight excluding hydrogens is 261 g/mol. The third-order valence-corrected chi connectivity index (χ3v) is 4.06. The number of aliphatic hydroxyl groups is 1. The second-order valence-corrected chi connectivity index (χ2v) is 5.48. The van der Waals surface area contributed by atoms with Crippen molar-refractivity contribution in [1.82, 2.24) is 4.90 Å². The van der Waals surface area contributed by atoms with E-state index in [9.17, 15) is 9.50 Å². The summed E-state index contributed by atoms with van der Waals surface area (Å²) in [6, 6.07) is 6.52. The number of hydrogen-bond acceptors (Lipinski definition) is 4. The molecule has 1 aromatic rings. The molecule has 0 aromatic heterocycles. The Morgan fingerprint density at radius 1 is 1.25 bits per heavy atom. The molecule has 2 fully saturated rings. The lowest BCUT2D eigenvalue weighted by Crippen LogP contribution is -2.38. The van der Waals surface area contributed by atoms with E-state index < -0.39 is 6.10 Å². The summed E-state index contributed by atoms with van der Waals surface area (Å²) in [5.41, 5.74) is 0. The van der Waals surface area contributed by atoms with Crippen molar-refractivity contribution in [3.05, 3.63) is 30.1 Å².